The molecule has 64 heavy (non-hydrogen) atoms. The van der Waals surface area contributed by atoms with E-state index in [0.29, 0.717) is 6.42 Å². The Balaban J connectivity index is 2.81. The van der Waals surface area contributed by atoms with Gasteiger partial charge in [-0.25, -0.2) is 5.26 Å². The summed E-state index contributed by atoms with van der Waals surface area (Å²) in [6, 6.07) is -1.21. The molecule has 0 bridgehead atoms. The maximum absolute atomic E-state index is 12.9. The van der Waals surface area contributed by atoms with E-state index in [4.69, 9.17) is 18.9 Å². The maximum Gasteiger partial charge on any atom is 0.232 e. The number of nitrogens with one attached hydrogen (secondary N) is 1. The molecule has 334 valence electrons. The van der Waals surface area contributed by atoms with Crippen LogP contribution in [0.5, 0.6) is 0 Å². The van der Waals surface area contributed by atoms with E-state index in [2.05, 4.69) is 164 Å². The number of unbranched alkanes of at least 4 members (excludes halogenated alkanes) is 10. The zero-order chi connectivity index (χ0) is 46.7. The van der Waals surface area contributed by atoms with Crippen LogP contribution < -0.4 is 5.32 Å². The van der Waals surface area contributed by atoms with E-state index in [0.717, 1.165) is 25.7 Å². The third kappa shape index (κ3) is 28.7. The Hall–Kier alpha value is -5.90. The van der Waals surface area contributed by atoms with E-state index < -0.39 is 68.1 Å². The lowest BCUT2D eigenvalue weighted by Crippen LogP contribution is -2.60. The van der Waals surface area contributed by atoms with Crippen molar-refractivity contribution in [3.8, 4) is 142 Å². The van der Waals surface area contributed by atoms with E-state index in [1.54, 1.807) is 6.92 Å². The van der Waals surface area contributed by atoms with Crippen LogP contribution in [0.3, 0.4) is 0 Å². The van der Waals surface area contributed by atoms with Gasteiger partial charge in [-0.15, -0.1) is 4.33 Å². The standard InChI is InChI=1S/C50H51NO12S/c1-3-5-7-9-11-13-15-16-17-18-19-20-21-22-23-24-25-26-27-29-31-33-35-37-39-45(54)51-42(46(55)43(53)38-36-34-32-30-28-14-12-10-8-6-4-2)41-59-50-48(57)49(61-64-63-62-58)47(56)44(40-52)60-50/h42-44,46-50,52-53,55-58H,4,6,8,10,12,14,28,30,32,34,36,38-41H2,1-2H3,(H,51,54)/t42-,43+,44?,46-,47?,48?,49?,50?/m0/s1. The second kappa shape index (κ2) is 39.9. The van der Waals surface area contributed by atoms with E-state index in [1.807, 2.05) is 0 Å². The molecule has 0 saturated carbocycles. The fourth-order valence-corrected chi connectivity index (χ4v) is 5.75. The topological polar surface area (TPSA) is 197 Å². The first-order valence-corrected chi connectivity index (χ1v) is 21.1. The van der Waals surface area contributed by atoms with Gasteiger partial charge in [0.2, 0.25) is 5.91 Å². The van der Waals surface area contributed by atoms with Gasteiger partial charge in [0.15, 0.2) is 18.6 Å². The number of carbonyl (C=O) groups excluding carboxylic acids is 1. The molecule has 1 aliphatic heterocycles. The molecule has 1 aliphatic rings. The highest BCUT2D eigenvalue weighted by Gasteiger charge is 2.47. The number of carbonyl (C=O) groups is 1. The summed E-state index contributed by atoms with van der Waals surface area (Å²) >= 11 is 0.0912. The number of amides is 1. The van der Waals surface area contributed by atoms with Crippen molar-refractivity contribution in [1.29, 1.82) is 0 Å². The summed E-state index contributed by atoms with van der Waals surface area (Å²) in [5.74, 6) is 59.4. The Morgan fingerprint density at radius 1 is 0.672 bits per heavy atom. The predicted octanol–water partition coefficient (Wildman–Crippen LogP) is 2.17. The van der Waals surface area contributed by atoms with Crippen molar-refractivity contribution >= 4 is 18.2 Å². The number of rotatable bonds is 24. The molecule has 0 aliphatic carbocycles. The van der Waals surface area contributed by atoms with Gasteiger partial charge in [0.1, 0.15) is 30.5 Å². The maximum atomic E-state index is 12.9. The van der Waals surface area contributed by atoms with Crippen LogP contribution in [0.25, 0.3) is 0 Å². The molecule has 8 atom stereocenters. The first kappa shape index (κ1) is 56.1. The minimum Gasteiger partial charge on any atom is -0.394 e. The van der Waals surface area contributed by atoms with Gasteiger partial charge in [-0.05, 0) is 108 Å². The van der Waals surface area contributed by atoms with Crippen LogP contribution in [0.1, 0.15) is 97.3 Å². The van der Waals surface area contributed by atoms with Crippen LogP contribution in [0.4, 0.5) is 0 Å². The monoisotopic (exact) mass is 889 g/mol. The fraction of sp³-hybridized carbons (Fsp3) is 0.500. The summed E-state index contributed by atoms with van der Waals surface area (Å²) in [6.07, 6.45) is 1.86. The predicted molar refractivity (Wildman–Crippen MR) is 240 cm³/mol. The highest BCUT2D eigenvalue weighted by Crippen LogP contribution is 2.28. The second-order valence-corrected chi connectivity index (χ2v) is 13.7. The highest BCUT2D eigenvalue weighted by molar-refractivity contribution is 7.89. The molecule has 1 amide bonds. The number of hydrogen-bond donors (Lipinski definition) is 7. The van der Waals surface area contributed by atoms with Crippen LogP contribution in [0.15, 0.2) is 0 Å². The third-order valence-corrected chi connectivity index (χ3v) is 8.92. The molecule has 1 heterocycles. The van der Waals surface area contributed by atoms with E-state index >= 15 is 0 Å². The van der Waals surface area contributed by atoms with Crippen LogP contribution in [0.2, 0.25) is 0 Å². The number of ether oxygens (including phenoxy) is 2. The molecular formula is C50H51NO12S. The van der Waals surface area contributed by atoms with Gasteiger partial charge in [-0.1, -0.05) is 94.4 Å². The molecule has 0 aromatic rings. The molecule has 0 radical (unpaired) electrons. The van der Waals surface area contributed by atoms with Crippen molar-refractivity contribution in [3.63, 3.8) is 0 Å². The highest BCUT2D eigenvalue weighted by atomic mass is 32.2. The van der Waals surface area contributed by atoms with Crippen molar-refractivity contribution < 1.29 is 58.6 Å². The van der Waals surface area contributed by atoms with Gasteiger partial charge in [0.05, 0.1) is 31.8 Å². The zero-order valence-corrected chi connectivity index (χ0v) is 36.6. The van der Waals surface area contributed by atoms with Gasteiger partial charge in [-0.2, -0.15) is 0 Å². The molecule has 13 nitrogen and oxygen atoms in total. The van der Waals surface area contributed by atoms with Gasteiger partial charge >= 0.3 is 0 Å². The lowest BCUT2D eigenvalue weighted by atomic mass is 9.98. The molecule has 5 unspecified atom stereocenters. The molecule has 1 fully saturated rings. The van der Waals surface area contributed by atoms with Crippen molar-refractivity contribution in [3.05, 3.63) is 0 Å². The smallest absolute Gasteiger partial charge is 0.232 e. The summed E-state index contributed by atoms with van der Waals surface area (Å²) in [5, 5.41) is 67.5. The van der Waals surface area contributed by atoms with Crippen molar-refractivity contribution in [2.75, 3.05) is 13.2 Å². The molecule has 1 saturated heterocycles. The summed E-state index contributed by atoms with van der Waals surface area (Å²) in [6.45, 7) is 2.69. The molecule has 0 spiro atoms. The first-order chi connectivity index (χ1) is 31.3. The molecule has 1 rings (SSSR count). The average molecular weight is 890 g/mol. The normalized spacial score (nSPS) is 17.4. The molecule has 0 aromatic carbocycles. The van der Waals surface area contributed by atoms with Crippen molar-refractivity contribution in [1.82, 2.24) is 5.32 Å². The SMILES string of the molecule is CC#CC#CC#CC#CC#CC#CC#CC#CC#CC#CC#CC#CCC(=O)N[C@@H](COC1OC(CO)C(O)C(OSOOO)C1O)[C@H](O)[C@H](O)CCCCCCCCCCCCC. The molecule has 7 N–H and O–H groups in total. The lowest BCUT2D eigenvalue weighted by Gasteiger charge is -2.41. The van der Waals surface area contributed by atoms with Gasteiger partial charge < -0.3 is 40.3 Å². The van der Waals surface area contributed by atoms with Crippen molar-refractivity contribution in [2.24, 2.45) is 0 Å². The number of aliphatic hydroxyl groups excluding tert-OH is 5. The van der Waals surface area contributed by atoms with Gasteiger partial charge in [0.25, 0.3) is 0 Å². The van der Waals surface area contributed by atoms with Crippen LogP contribution in [-0.4, -0.2) is 98.9 Å². The fourth-order valence-electron chi connectivity index (χ4n) is 5.37. The van der Waals surface area contributed by atoms with Gasteiger partial charge in [0, 0.05) is 35.5 Å². The van der Waals surface area contributed by atoms with Crippen molar-refractivity contribution in [2.45, 2.75) is 146 Å². The second-order valence-electron chi connectivity index (χ2n) is 13.2. The molecule has 14 heteroatoms. The number of hydrogen-bond acceptors (Lipinski definition) is 13. The summed E-state index contributed by atoms with van der Waals surface area (Å²) in [4.78, 5) is 12.9. The Labute approximate surface area is 382 Å². The van der Waals surface area contributed by atoms with Gasteiger partial charge in [-0.3, -0.25) is 8.98 Å². The largest absolute Gasteiger partial charge is 0.394 e. The summed E-state index contributed by atoms with van der Waals surface area (Å²) < 4.78 is 20.5. The zero-order valence-electron chi connectivity index (χ0n) is 35.8. The Morgan fingerprint density at radius 3 is 1.58 bits per heavy atom. The van der Waals surface area contributed by atoms with E-state index in [9.17, 15) is 30.3 Å². The van der Waals surface area contributed by atoms with Crippen LogP contribution in [0, 0.1) is 142 Å². The number of aliphatic hydroxyl groups is 5. The molecule has 0 aromatic heterocycles. The van der Waals surface area contributed by atoms with Crippen LogP contribution in [-0.2, 0) is 27.8 Å². The Morgan fingerprint density at radius 2 is 1.12 bits per heavy atom. The molecular weight excluding hydrogens is 839 g/mol. The van der Waals surface area contributed by atoms with Crippen LogP contribution >= 0.6 is 12.3 Å². The lowest BCUT2D eigenvalue weighted by molar-refractivity contribution is -0.435. The average Bonchev–Trinajstić information content (AvgIpc) is 3.29. The quantitative estimate of drug-likeness (QED) is 0.0245. The summed E-state index contributed by atoms with van der Waals surface area (Å²) in [7, 11) is 0. The van der Waals surface area contributed by atoms with E-state index in [-0.39, 0.29) is 25.2 Å². The Bertz CT molecular complexity index is 2230. The minimum atomic E-state index is -1.68. The van der Waals surface area contributed by atoms with E-state index in [1.165, 1.54) is 38.5 Å². The minimum absolute atomic E-state index is 0.0912. The Kier molecular flexibility index (Phi) is 35.0. The first-order valence-electron chi connectivity index (χ1n) is 20.4. The third-order valence-electron chi connectivity index (χ3n) is 8.50. The summed E-state index contributed by atoms with van der Waals surface area (Å²) in [5.41, 5.74) is 0.